The van der Waals surface area contributed by atoms with Crippen molar-refractivity contribution in [3.8, 4) is 0 Å². The van der Waals surface area contributed by atoms with E-state index < -0.39 is 10.0 Å². The number of hydrogen-bond donors (Lipinski definition) is 4. The second-order valence-corrected chi connectivity index (χ2v) is 12.6. The molecule has 5 N–H and O–H groups in total. The van der Waals surface area contributed by atoms with Gasteiger partial charge in [0, 0.05) is 35.4 Å². The summed E-state index contributed by atoms with van der Waals surface area (Å²) in [5.41, 5.74) is 8.29. The van der Waals surface area contributed by atoms with Gasteiger partial charge in [0.15, 0.2) is 22.1 Å². The van der Waals surface area contributed by atoms with Crippen LogP contribution in [-0.2, 0) is 10.0 Å². The van der Waals surface area contributed by atoms with Crippen molar-refractivity contribution in [2.75, 3.05) is 15.4 Å². The van der Waals surface area contributed by atoms with Crippen molar-refractivity contribution in [3.05, 3.63) is 42.2 Å². The third-order valence-corrected chi connectivity index (χ3v) is 9.50. The zero-order chi connectivity index (χ0) is 26.1. The van der Waals surface area contributed by atoms with Crippen LogP contribution in [0.2, 0.25) is 0 Å². The highest BCUT2D eigenvalue weighted by Crippen LogP contribution is 2.34. The van der Waals surface area contributed by atoms with E-state index in [1.54, 1.807) is 35.8 Å². The fraction of sp³-hybridized carbons (Fsp3) is 0.440. The first-order valence-electron chi connectivity index (χ1n) is 13.0. The maximum Gasteiger partial charge on any atom is 0.263 e. The number of thiazole rings is 1. The number of nitrogens with zero attached hydrogens (tertiary/aromatic N) is 5. The quantitative estimate of drug-likeness (QED) is 0.245. The summed E-state index contributed by atoms with van der Waals surface area (Å²) >= 11 is 1.23. The lowest BCUT2D eigenvalue weighted by molar-refractivity contribution is 0.410. The summed E-state index contributed by atoms with van der Waals surface area (Å²) in [6.45, 7) is 0. The van der Waals surface area contributed by atoms with Crippen LogP contribution in [0.1, 0.15) is 57.4 Å². The van der Waals surface area contributed by atoms with Crippen LogP contribution < -0.4 is 21.1 Å². The summed E-state index contributed by atoms with van der Waals surface area (Å²) in [5.74, 6) is 1.14. The molecule has 200 valence electrons. The Labute approximate surface area is 225 Å². The van der Waals surface area contributed by atoms with Crippen molar-refractivity contribution in [2.24, 2.45) is 5.73 Å². The minimum atomic E-state index is -3.73. The molecule has 2 saturated carbocycles. The molecule has 2 aliphatic rings. The zero-order valence-electron chi connectivity index (χ0n) is 20.9. The molecule has 1 aromatic carbocycles. The number of rotatable bonds is 8. The van der Waals surface area contributed by atoms with Crippen LogP contribution in [0.15, 0.2) is 47.1 Å². The Morgan fingerprint density at radius 2 is 1.74 bits per heavy atom. The highest BCUT2D eigenvalue weighted by atomic mass is 32.2. The van der Waals surface area contributed by atoms with E-state index in [1.165, 1.54) is 24.2 Å². The number of aromatic nitrogens is 5. The molecule has 13 heteroatoms. The molecule has 3 heterocycles. The summed E-state index contributed by atoms with van der Waals surface area (Å²) in [5, 5.41) is 8.92. The van der Waals surface area contributed by atoms with Gasteiger partial charge in [-0.05, 0) is 62.8 Å². The Kier molecular flexibility index (Phi) is 6.89. The number of nitrogens with one attached hydrogen (secondary N) is 3. The normalized spacial score (nSPS) is 20.6. The van der Waals surface area contributed by atoms with Gasteiger partial charge in [-0.15, -0.1) is 11.3 Å². The molecule has 0 radical (unpaired) electrons. The van der Waals surface area contributed by atoms with E-state index in [9.17, 15) is 8.42 Å². The van der Waals surface area contributed by atoms with Crippen LogP contribution in [0, 0.1) is 0 Å². The van der Waals surface area contributed by atoms with E-state index in [1.807, 2.05) is 6.33 Å². The molecule has 38 heavy (non-hydrogen) atoms. The van der Waals surface area contributed by atoms with Gasteiger partial charge in [-0.2, -0.15) is 9.97 Å². The van der Waals surface area contributed by atoms with Crippen molar-refractivity contribution in [2.45, 2.75) is 74.4 Å². The van der Waals surface area contributed by atoms with E-state index >= 15 is 0 Å². The van der Waals surface area contributed by atoms with E-state index in [0.29, 0.717) is 34.1 Å². The maximum atomic E-state index is 12.7. The lowest BCUT2D eigenvalue weighted by Crippen LogP contribution is -2.33. The molecule has 2 aliphatic carbocycles. The minimum absolute atomic E-state index is 0.148. The van der Waals surface area contributed by atoms with E-state index in [-0.39, 0.29) is 17.0 Å². The average molecular weight is 554 g/mol. The van der Waals surface area contributed by atoms with Crippen molar-refractivity contribution in [1.29, 1.82) is 0 Å². The van der Waals surface area contributed by atoms with Gasteiger partial charge in [-0.3, -0.25) is 4.72 Å². The highest BCUT2D eigenvalue weighted by molar-refractivity contribution is 7.93. The third-order valence-electron chi connectivity index (χ3n) is 7.33. The van der Waals surface area contributed by atoms with Crippen molar-refractivity contribution < 1.29 is 8.42 Å². The number of nitrogens with two attached hydrogens (primary N) is 1. The number of benzene rings is 1. The van der Waals surface area contributed by atoms with Crippen molar-refractivity contribution in [3.63, 3.8) is 0 Å². The summed E-state index contributed by atoms with van der Waals surface area (Å²) in [6.07, 6.45) is 12.0. The summed E-state index contributed by atoms with van der Waals surface area (Å²) in [6, 6.07) is 7.47. The van der Waals surface area contributed by atoms with Gasteiger partial charge in [0.2, 0.25) is 5.95 Å². The van der Waals surface area contributed by atoms with Gasteiger partial charge in [0.05, 0.1) is 11.2 Å². The molecule has 0 bridgehead atoms. The van der Waals surface area contributed by atoms with Gasteiger partial charge in [0.25, 0.3) is 10.0 Å². The number of sulfonamides is 1. The van der Waals surface area contributed by atoms with Crippen molar-refractivity contribution >= 4 is 55.1 Å². The molecule has 6 rings (SSSR count). The summed E-state index contributed by atoms with van der Waals surface area (Å²) in [4.78, 5) is 18.5. The molecular weight excluding hydrogens is 522 g/mol. The average Bonchev–Trinajstić information content (AvgIpc) is 3.68. The van der Waals surface area contributed by atoms with Crippen LogP contribution in [-0.4, -0.2) is 45.0 Å². The molecule has 4 aromatic rings. The monoisotopic (exact) mass is 553 g/mol. The minimum Gasteiger partial charge on any atom is -0.351 e. The fourth-order valence-electron chi connectivity index (χ4n) is 5.27. The first kappa shape index (κ1) is 25.0. The SMILES string of the molecule is NC1CCC(Nc2nc(Nc3ccc(S(=O)(=O)Nc4nccs4)cc3)c3ncn(C4CCCC4)c3n2)CC1. The Morgan fingerprint density at radius 3 is 2.45 bits per heavy atom. The highest BCUT2D eigenvalue weighted by Gasteiger charge is 2.24. The molecule has 2 fully saturated rings. The predicted molar refractivity (Wildman–Crippen MR) is 149 cm³/mol. The molecule has 0 spiro atoms. The molecular formula is C25H31N9O2S2. The standard InChI is InChI=1S/C25H31N9O2S2/c26-16-5-7-18(8-6-16)30-24-31-22(21-23(32-24)34(15-28-21)19-3-1-2-4-19)29-17-9-11-20(12-10-17)38(35,36)33-25-27-13-14-37-25/h9-16,18-19H,1-8,26H2,(H,27,33)(H2,29,30,31,32). The Balaban J connectivity index is 1.28. The lowest BCUT2D eigenvalue weighted by atomic mass is 9.92. The van der Waals surface area contributed by atoms with Crippen LogP contribution in [0.3, 0.4) is 0 Å². The van der Waals surface area contributed by atoms with Crippen LogP contribution in [0.4, 0.5) is 22.6 Å². The predicted octanol–water partition coefficient (Wildman–Crippen LogP) is 4.62. The number of hydrogen-bond acceptors (Lipinski definition) is 10. The Bertz CT molecular complexity index is 1490. The number of anilines is 4. The Hall–Kier alpha value is -3.29. The molecule has 0 saturated heterocycles. The zero-order valence-corrected chi connectivity index (χ0v) is 22.5. The van der Waals surface area contributed by atoms with E-state index in [0.717, 1.165) is 44.2 Å². The smallest absolute Gasteiger partial charge is 0.263 e. The van der Waals surface area contributed by atoms with Crippen LogP contribution in [0.25, 0.3) is 11.2 Å². The fourth-order valence-corrected chi connectivity index (χ4v) is 7.05. The molecule has 11 nitrogen and oxygen atoms in total. The van der Waals surface area contributed by atoms with Gasteiger partial charge in [-0.1, -0.05) is 12.8 Å². The lowest BCUT2D eigenvalue weighted by Gasteiger charge is -2.27. The van der Waals surface area contributed by atoms with Crippen LogP contribution in [0.5, 0.6) is 0 Å². The third kappa shape index (κ3) is 5.31. The Morgan fingerprint density at radius 1 is 0.974 bits per heavy atom. The molecule has 0 unspecified atom stereocenters. The second-order valence-electron chi connectivity index (χ2n) is 10.0. The topological polar surface area (TPSA) is 153 Å². The van der Waals surface area contributed by atoms with Crippen LogP contribution >= 0.6 is 11.3 Å². The van der Waals surface area contributed by atoms with Crippen molar-refractivity contribution in [1.82, 2.24) is 24.5 Å². The first-order chi connectivity index (χ1) is 18.4. The largest absolute Gasteiger partial charge is 0.351 e. The maximum absolute atomic E-state index is 12.7. The van der Waals surface area contributed by atoms with Gasteiger partial charge >= 0.3 is 0 Å². The molecule has 0 amide bonds. The molecule has 0 aliphatic heterocycles. The molecule has 3 aromatic heterocycles. The van der Waals surface area contributed by atoms with E-state index in [2.05, 4.69) is 29.9 Å². The number of imidazole rings is 1. The first-order valence-corrected chi connectivity index (χ1v) is 15.4. The number of fused-ring (bicyclic) bond motifs is 1. The second kappa shape index (κ2) is 10.5. The summed E-state index contributed by atoms with van der Waals surface area (Å²) < 4.78 is 30.1. The van der Waals surface area contributed by atoms with Gasteiger partial charge < -0.3 is 20.9 Å². The van der Waals surface area contributed by atoms with Gasteiger partial charge in [0.1, 0.15) is 0 Å². The summed E-state index contributed by atoms with van der Waals surface area (Å²) in [7, 11) is -3.73. The van der Waals surface area contributed by atoms with E-state index in [4.69, 9.17) is 15.7 Å². The van der Waals surface area contributed by atoms with Gasteiger partial charge in [-0.25, -0.2) is 18.4 Å². The molecule has 0 atom stereocenters.